The first kappa shape index (κ1) is 16.9. The quantitative estimate of drug-likeness (QED) is 0.412. The number of hydrogen-bond acceptors (Lipinski definition) is 6. The minimum absolute atomic E-state index is 0.0125. The van der Waals surface area contributed by atoms with Gasteiger partial charge in [0.2, 0.25) is 20.0 Å². The number of rotatable bonds is 7. The van der Waals surface area contributed by atoms with Gasteiger partial charge in [0, 0.05) is 12.7 Å². The van der Waals surface area contributed by atoms with E-state index in [4.69, 9.17) is 23.1 Å². The molecule has 1 rings (SSSR count). The Morgan fingerprint density at radius 1 is 1.35 bits per heavy atom. The second-order valence-electron chi connectivity index (χ2n) is 3.83. The number of hydrogen-bond donors (Lipinski definition) is 3. The van der Waals surface area contributed by atoms with E-state index in [2.05, 4.69) is 9.71 Å². The minimum atomic E-state index is -3.87. The summed E-state index contributed by atoms with van der Waals surface area (Å²) in [5, 5.41) is 4.81. The number of nitrogens with zero attached hydrogens (tertiary/aromatic N) is 1. The third kappa shape index (κ3) is 5.09. The van der Waals surface area contributed by atoms with Crippen LogP contribution in [0.25, 0.3) is 0 Å². The van der Waals surface area contributed by atoms with E-state index in [0.717, 1.165) is 0 Å². The summed E-state index contributed by atoms with van der Waals surface area (Å²) in [6.45, 7) is -0.0789. The SMILES string of the molecule is NC(=S)c1ncccc1S(=O)(=O)NCCCS(N)(=O)=O. The molecule has 11 heteroatoms. The fourth-order valence-electron chi connectivity index (χ4n) is 1.35. The van der Waals surface area contributed by atoms with Gasteiger partial charge in [-0.1, -0.05) is 12.2 Å². The van der Waals surface area contributed by atoms with Crippen molar-refractivity contribution in [3.63, 3.8) is 0 Å². The van der Waals surface area contributed by atoms with Crippen molar-refractivity contribution in [3.05, 3.63) is 24.0 Å². The molecule has 5 N–H and O–H groups in total. The third-order valence-corrected chi connectivity index (χ3v) is 4.74. The van der Waals surface area contributed by atoms with Crippen molar-refractivity contribution in [3.8, 4) is 0 Å². The average molecular weight is 338 g/mol. The molecule has 1 aromatic rings. The van der Waals surface area contributed by atoms with E-state index in [0.29, 0.717) is 0 Å². The van der Waals surface area contributed by atoms with Gasteiger partial charge in [-0.25, -0.2) is 26.7 Å². The van der Waals surface area contributed by atoms with Crippen LogP contribution in [-0.4, -0.2) is 39.1 Å². The second kappa shape index (κ2) is 6.54. The van der Waals surface area contributed by atoms with Gasteiger partial charge in [-0.3, -0.25) is 4.98 Å². The molecule has 0 radical (unpaired) electrons. The van der Waals surface area contributed by atoms with Crippen LogP contribution < -0.4 is 15.6 Å². The fourth-order valence-corrected chi connectivity index (χ4v) is 3.37. The van der Waals surface area contributed by atoms with Gasteiger partial charge in [0.1, 0.15) is 15.6 Å². The third-order valence-electron chi connectivity index (χ3n) is 2.19. The molecule has 112 valence electrons. The summed E-state index contributed by atoms with van der Waals surface area (Å²) >= 11 is 4.73. The molecule has 0 amide bonds. The molecule has 0 saturated carbocycles. The zero-order valence-corrected chi connectivity index (χ0v) is 12.8. The Bertz CT molecular complexity index is 700. The lowest BCUT2D eigenvalue weighted by molar-refractivity contribution is 0.576. The van der Waals surface area contributed by atoms with Crippen molar-refractivity contribution >= 4 is 37.3 Å². The molecule has 0 aliphatic carbocycles. The molecule has 0 aliphatic heterocycles. The van der Waals surface area contributed by atoms with Gasteiger partial charge in [0.05, 0.1) is 5.75 Å². The highest BCUT2D eigenvalue weighted by molar-refractivity contribution is 7.90. The average Bonchev–Trinajstić information content (AvgIpc) is 2.33. The Kier molecular flexibility index (Phi) is 5.53. The Labute approximate surface area is 122 Å². The highest BCUT2D eigenvalue weighted by Crippen LogP contribution is 2.12. The second-order valence-corrected chi connectivity index (χ2v) is 7.74. The molecule has 0 bridgehead atoms. The number of nitrogens with one attached hydrogen (secondary N) is 1. The predicted molar refractivity (Wildman–Crippen MR) is 77.9 cm³/mol. The van der Waals surface area contributed by atoms with Crippen molar-refractivity contribution in [2.24, 2.45) is 10.9 Å². The molecule has 8 nitrogen and oxygen atoms in total. The maximum Gasteiger partial charge on any atom is 0.242 e. The van der Waals surface area contributed by atoms with Crippen LogP contribution in [0, 0.1) is 0 Å². The molecule has 1 aromatic heterocycles. The zero-order valence-electron chi connectivity index (χ0n) is 10.3. The first-order valence-electron chi connectivity index (χ1n) is 5.38. The number of nitrogens with two attached hydrogens (primary N) is 2. The monoisotopic (exact) mass is 338 g/mol. The topological polar surface area (TPSA) is 145 Å². The standard InChI is InChI=1S/C9H14N4O4S3/c10-9(18)8-7(3-1-4-12-8)20(16,17)13-5-2-6-19(11,14)15/h1,3-4,13H,2,5-6H2,(H2,10,18)(H2,11,14,15). The van der Waals surface area contributed by atoms with Crippen molar-refractivity contribution in [2.75, 3.05) is 12.3 Å². The van der Waals surface area contributed by atoms with Gasteiger partial charge in [0.15, 0.2) is 0 Å². The van der Waals surface area contributed by atoms with E-state index in [1.807, 2.05) is 0 Å². The molecule has 20 heavy (non-hydrogen) atoms. The van der Waals surface area contributed by atoms with Gasteiger partial charge in [-0.05, 0) is 18.6 Å². The van der Waals surface area contributed by atoms with Crippen LogP contribution in [0.15, 0.2) is 23.2 Å². The Hall–Kier alpha value is -1.14. The van der Waals surface area contributed by atoms with Crippen molar-refractivity contribution in [1.82, 2.24) is 9.71 Å². The van der Waals surface area contributed by atoms with E-state index in [1.165, 1.54) is 18.3 Å². The molecule has 0 aromatic carbocycles. The Morgan fingerprint density at radius 2 is 2.00 bits per heavy atom. The molecule has 0 spiro atoms. The van der Waals surface area contributed by atoms with Gasteiger partial charge in [0.25, 0.3) is 0 Å². The van der Waals surface area contributed by atoms with Crippen molar-refractivity contribution in [1.29, 1.82) is 0 Å². The maximum atomic E-state index is 12.0. The normalized spacial score (nSPS) is 12.2. The first-order chi connectivity index (χ1) is 9.13. The summed E-state index contributed by atoms with van der Waals surface area (Å²) in [6, 6.07) is 2.74. The Morgan fingerprint density at radius 3 is 2.55 bits per heavy atom. The van der Waals surface area contributed by atoms with Gasteiger partial charge in [-0.15, -0.1) is 0 Å². The highest BCUT2D eigenvalue weighted by atomic mass is 32.2. The molecule has 0 atom stereocenters. The van der Waals surface area contributed by atoms with Gasteiger partial charge < -0.3 is 5.73 Å². The maximum absolute atomic E-state index is 12.0. The van der Waals surface area contributed by atoms with E-state index < -0.39 is 20.0 Å². The summed E-state index contributed by atoms with van der Waals surface area (Å²) in [4.78, 5) is 3.52. The van der Waals surface area contributed by atoms with Gasteiger partial charge >= 0.3 is 0 Å². The van der Waals surface area contributed by atoms with Crippen LogP contribution in [0.2, 0.25) is 0 Å². The largest absolute Gasteiger partial charge is 0.388 e. The molecule has 0 aliphatic rings. The molecular weight excluding hydrogens is 324 g/mol. The molecule has 1 heterocycles. The number of primary sulfonamides is 1. The molecule has 0 saturated heterocycles. The van der Waals surface area contributed by atoms with Crippen LogP contribution in [-0.2, 0) is 20.0 Å². The smallest absolute Gasteiger partial charge is 0.242 e. The van der Waals surface area contributed by atoms with E-state index in [1.54, 1.807) is 0 Å². The summed E-state index contributed by atoms with van der Waals surface area (Å²) in [7, 11) is -7.49. The van der Waals surface area contributed by atoms with Crippen LogP contribution >= 0.6 is 12.2 Å². The van der Waals surface area contributed by atoms with Crippen LogP contribution in [0.4, 0.5) is 0 Å². The van der Waals surface area contributed by atoms with E-state index in [9.17, 15) is 16.8 Å². The highest BCUT2D eigenvalue weighted by Gasteiger charge is 2.20. The molecule has 0 unspecified atom stereocenters. The minimum Gasteiger partial charge on any atom is -0.388 e. The summed E-state index contributed by atoms with van der Waals surface area (Å²) < 4.78 is 47.8. The van der Waals surface area contributed by atoms with E-state index >= 15 is 0 Å². The summed E-state index contributed by atoms with van der Waals surface area (Å²) in [5.41, 5.74) is 5.39. The van der Waals surface area contributed by atoms with Crippen LogP contribution in [0.5, 0.6) is 0 Å². The lowest BCUT2D eigenvalue weighted by Crippen LogP contribution is -2.29. The van der Waals surface area contributed by atoms with Crippen molar-refractivity contribution < 1.29 is 16.8 Å². The summed E-state index contributed by atoms with van der Waals surface area (Å²) in [6.07, 6.45) is 1.43. The number of sulfonamides is 2. The Balaban J connectivity index is 2.82. The van der Waals surface area contributed by atoms with Crippen LogP contribution in [0.3, 0.4) is 0 Å². The predicted octanol–water partition coefficient (Wildman–Crippen LogP) is -1.33. The van der Waals surface area contributed by atoms with Gasteiger partial charge in [-0.2, -0.15) is 0 Å². The summed E-state index contributed by atoms with van der Waals surface area (Å²) in [5.74, 6) is -0.315. The molecular formula is C9H14N4O4S3. The number of aromatic nitrogens is 1. The zero-order chi connectivity index (χ0) is 15.4. The number of thiocarbonyl (C=S) groups is 1. The number of pyridine rings is 1. The van der Waals surface area contributed by atoms with Crippen LogP contribution in [0.1, 0.15) is 12.1 Å². The lowest BCUT2D eigenvalue weighted by atomic mass is 10.3. The lowest BCUT2D eigenvalue weighted by Gasteiger charge is -2.09. The molecule has 0 fully saturated rings. The van der Waals surface area contributed by atoms with Crippen molar-refractivity contribution in [2.45, 2.75) is 11.3 Å². The van der Waals surface area contributed by atoms with E-state index in [-0.39, 0.29) is 34.3 Å². The first-order valence-corrected chi connectivity index (χ1v) is 8.99. The fraction of sp³-hybridized carbons (Fsp3) is 0.333.